The average Bonchev–Trinajstić information content (AvgIpc) is 2.28. The molecular weight excluding hydrogens is 235 g/mol. The van der Waals surface area contributed by atoms with Gasteiger partial charge in [-0.15, -0.1) is 0 Å². The van der Waals surface area contributed by atoms with E-state index in [-0.39, 0.29) is 0 Å². The van der Waals surface area contributed by atoms with Gasteiger partial charge in [0, 0.05) is 5.82 Å². The molecule has 0 amide bonds. The molecule has 0 saturated carbocycles. The molecule has 0 aliphatic carbocycles. The highest BCUT2D eigenvalue weighted by Gasteiger charge is 2.18. The summed E-state index contributed by atoms with van der Waals surface area (Å²) in [5, 5.41) is 0. The first-order valence-electron chi connectivity index (χ1n) is 6.75. The van der Waals surface area contributed by atoms with Crippen LogP contribution >= 0.6 is 7.60 Å². The molecular formula is C13H27O3P. The smallest absolute Gasteiger partial charge is 0.306 e. The Hall–Kier alpha value is -0.110. The Morgan fingerprint density at radius 3 is 2.06 bits per heavy atom. The molecule has 102 valence electrons. The fourth-order valence-corrected chi connectivity index (χ4v) is 2.93. The maximum atomic E-state index is 12.0. The number of unbranched alkanes of at least 4 members (excludes halogenated alkanes) is 5. The number of rotatable bonds is 11. The molecule has 0 fully saturated rings. The summed E-state index contributed by atoms with van der Waals surface area (Å²) in [4.78, 5) is 0. The topological polar surface area (TPSA) is 35.5 Å². The summed E-state index contributed by atoms with van der Waals surface area (Å²) in [6.07, 6.45) is 9.13. The molecule has 4 heteroatoms. The molecule has 0 aliphatic rings. The van der Waals surface area contributed by atoms with Crippen LogP contribution in [0.3, 0.4) is 0 Å². The van der Waals surface area contributed by atoms with Gasteiger partial charge in [0.25, 0.3) is 0 Å². The molecule has 0 atom stereocenters. The highest BCUT2D eigenvalue weighted by atomic mass is 31.2. The molecule has 0 aliphatic heterocycles. The first-order chi connectivity index (χ1) is 8.18. The molecule has 0 rings (SSSR count). The van der Waals surface area contributed by atoms with Crippen LogP contribution in [0.2, 0.25) is 0 Å². The quantitative estimate of drug-likeness (QED) is 0.382. The first kappa shape index (κ1) is 16.9. The standard InChI is InChI=1S/C13H27O3P/c1-4-7-8-9-10-11-12-13-17(14,15-5-2)16-6-3/h12-13H,4-11H2,1-3H3/b13-12+. The highest BCUT2D eigenvalue weighted by molar-refractivity contribution is 7.57. The third-order valence-corrected chi connectivity index (χ3v) is 4.19. The van der Waals surface area contributed by atoms with Crippen LogP contribution in [0.25, 0.3) is 0 Å². The lowest BCUT2D eigenvalue weighted by molar-refractivity contribution is 0.229. The lowest BCUT2D eigenvalue weighted by Gasteiger charge is -2.12. The molecule has 0 aromatic rings. The molecule has 3 nitrogen and oxygen atoms in total. The van der Waals surface area contributed by atoms with Crippen molar-refractivity contribution < 1.29 is 13.6 Å². The third kappa shape index (κ3) is 9.58. The molecule has 0 aromatic heterocycles. The van der Waals surface area contributed by atoms with Gasteiger partial charge in [-0.1, -0.05) is 38.7 Å². The van der Waals surface area contributed by atoms with Crippen LogP contribution in [0.1, 0.15) is 59.3 Å². The van der Waals surface area contributed by atoms with Crippen LogP contribution in [-0.2, 0) is 13.6 Å². The summed E-state index contributed by atoms with van der Waals surface area (Å²) in [6.45, 7) is 6.69. The van der Waals surface area contributed by atoms with E-state index in [1.807, 2.05) is 19.9 Å². The van der Waals surface area contributed by atoms with Crippen molar-refractivity contribution in [2.24, 2.45) is 0 Å². The van der Waals surface area contributed by atoms with Crippen LogP contribution in [-0.4, -0.2) is 13.2 Å². The van der Waals surface area contributed by atoms with Gasteiger partial charge in [-0.2, -0.15) is 0 Å². The maximum absolute atomic E-state index is 12.0. The van der Waals surface area contributed by atoms with Crippen molar-refractivity contribution in [1.82, 2.24) is 0 Å². The largest absolute Gasteiger partial charge is 0.353 e. The zero-order valence-electron chi connectivity index (χ0n) is 11.5. The summed E-state index contributed by atoms with van der Waals surface area (Å²) >= 11 is 0. The minimum Gasteiger partial charge on any atom is -0.306 e. The molecule has 0 unspecified atom stereocenters. The monoisotopic (exact) mass is 262 g/mol. The molecule has 0 spiro atoms. The average molecular weight is 262 g/mol. The summed E-state index contributed by atoms with van der Waals surface area (Å²) in [5.41, 5.74) is 0. The molecule has 0 radical (unpaired) electrons. The minimum atomic E-state index is -2.96. The molecule has 0 bridgehead atoms. The maximum Gasteiger partial charge on any atom is 0.353 e. The number of hydrogen-bond donors (Lipinski definition) is 0. The van der Waals surface area contributed by atoms with E-state index in [1.54, 1.807) is 5.82 Å². The van der Waals surface area contributed by atoms with Gasteiger partial charge in [-0.3, -0.25) is 4.57 Å². The van der Waals surface area contributed by atoms with Crippen molar-refractivity contribution in [1.29, 1.82) is 0 Å². The van der Waals surface area contributed by atoms with Crippen molar-refractivity contribution >= 4 is 7.60 Å². The summed E-state index contributed by atoms with van der Waals surface area (Å²) in [7, 11) is -2.96. The van der Waals surface area contributed by atoms with Gasteiger partial charge in [-0.25, -0.2) is 0 Å². The predicted molar refractivity (Wildman–Crippen MR) is 73.4 cm³/mol. The van der Waals surface area contributed by atoms with E-state index >= 15 is 0 Å². The Labute approximate surface area is 106 Å². The molecule has 0 heterocycles. The Kier molecular flexibility index (Phi) is 10.9. The Balaban J connectivity index is 3.81. The lowest BCUT2D eigenvalue weighted by Crippen LogP contribution is -1.92. The summed E-state index contributed by atoms with van der Waals surface area (Å²) < 4.78 is 22.3. The molecule has 0 N–H and O–H groups in total. The fourth-order valence-electron chi connectivity index (χ4n) is 1.55. The van der Waals surface area contributed by atoms with Crippen molar-refractivity contribution in [3.63, 3.8) is 0 Å². The SMILES string of the molecule is CCCCCCC/C=C/P(=O)(OCC)OCC. The predicted octanol–water partition coefficient (Wildman–Crippen LogP) is 5.13. The second-order valence-electron chi connectivity index (χ2n) is 3.96. The zero-order chi connectivity index (χ0) is 13.0. The molecule has 17 heavy (non-hydrogen) atoms. The second-order valence-corrected chi connectivity index (χ2v) is 5.86. The van der Waals surface area contributed by atoms with Crippen molar-refractivity contribution in [3.05, 3.63) is 11.9 Å². The Morgan fingerprint density at radius 2 is 1.53 bits per heavy atom. The van der Waals surface area contributed by atoms with Gasteiger partial charge in [0.2, 0.25) is 0 Å². The van der Waals surface area contributed by atoms with Gasteiger partial charge in [-0.05, 0) is 26.7 Å². The van der Waals surface area contributed by atoms with Crippen molar-refractivity contribution in [2.75, 3.05) is 13.2 Å². The van der Waals surface area contributed by atoms with E-state index in [9.17, 15) is 4.57 Å². The first-order valence-corrected chi connectivity index (χ1v) is 8.36. The van der Waals surface area contributed by atoms with Crippen LogP contribution in [0.4, 0.5) is 0 Å². The molecule has 0 aromatic carbocycles. The van der Waals surface area contributed by atoms with Gasteiger partial charge < -0.3 is 9.05 Å². The van der Waals surface area contributed by atoms with E-state index in [2.05, 4.69) is 6.92 Å². The van der Waals surface area contributed by atoms with E-state index in [0.29, 0.717) is 13.2 Å². The third-order valence-electron chi connectivity index (χ3n) is 2.38. The van der Waals surface area contributed by atoms with Gasteiger partial charge >= 0.3 is 7.60 Å². The van der Waals surface area contributed by atoms with Crippen LogP contribution in [0.5, 0.6) is 0 Å². The van der Waals surface area contributed by atoms with Gasteiger partial charge in [0.05, 0.1) is 13.2 Å². The Bertz CT molecular complexity index is 229. The number of hydrogen-bond acceptors (Lipinski definition) is 3. The number of allylic oxidation sites excluding steroid dienone is 1. The molecule has 0 saturated heterocycles. The highest BCUT2D eigenvalue weighted by Crippen LogP contribution is 2.49. The van der Waals surface area contributed by atoms with E-state index in [1.165, 1.54) is 25.7 Å². The van der Waals surface area contributed by atoms with Crippen LogP contribution in [0.15, 0.2) is 11.9 Å². The minimum absolute atomic E-state index is 0.415. The van der Waals surface area contributed by atoms with Crippen LogP contribution in [0, 0.1) is 0 Å². The van der Waals surface area contributed by atoms with E-state index in [4.69, 9.17) is 9.05 Å². The van der Waals surface area contributed by atoms with E-state index in [0.717, 1.165) is 12.8 Å². The van der Waals surface area contributed by atoms with E-state index < -0.39 is 7.60 Å². The van der Waals surface area contributed by atoms with Gasteiger partial charge in [0.15, 0.2) is 0 Å². The normalized spacial score (nSPS) is 12.4. The van der Waals surface area contributed by atoms with Crippen molar-refractivity contribution in [2.45, 2.75) is 59.3 Å². The fraction of sp³-hybridized carbons (Fsp3) is 0.846. The van der Waals surface area contributed by atoms with Gasteiger partial charge in [0.1, 0.15) is 0 Å². The summed E-state index contributed by atoms with van der Waals surface area (Å²) in [5.74, 6) is 1.61. The lowest BCUT2D eigenvalue weighted by atomic mass is 10.1. The summed E-state index contributed by atoms with van der Waals surface area (Å²) in [6, 6.07) is 0. The Morgan fingerprint density at radius 1 is 0.941 bits per heavy atom. The van der Waals surface area contributed by atoms with Crippen LogP contribution < -0.4 is 0 Å². The second kappa shape index (κ2) is 11.0. The zero-order valence-corrected chi connectivity index (χ0v) is 12.4. The van der Waals surface area contributed by atoms with Crippen molar-refractivity contribution in [3.8, 4) is 0 Å².